The van der Waals surface area contributed by atoms with Gasteiger partial charge >= 0.3 is 0 Å². The molecule has 1 heterocycles. The van der Waals surface area contributed by atoms with E-state index >= 15 is 0 Å². The summed E-state index contributed by atoms with van der Waals surface area (Å²) in [5.74, 6) is 3.54. The van der Waals surface area contributed by atoms with Crippen molar-refractivity contribution in [1.29, 1.82) is 0 Å². The van der Waals surface area contributed by atoms with E-state index in [2.05, 4.69) is 15.0 Å². The molecule has 2 aromatic rings. The van der Waals surface area contributed by atoms with Crippen molar-refractivity contribution >= 4 is 17.3 Å². The van der Waals surface area contributed by atoms with Crippen LogP contribution in [0.5, 0.6) is 0 Å². The Morgan fingerprint density at radius 1 is 0.950 bits per heavy atom. The summed E-state index contributed by atoms with van der Waals surface area (Å²) in [6.07, 6.45) is 4.72. The lowest BCUT2D eigenvalue weighted by molar-refractivity contribution is 0.818. The van der Waals surface area contributed by atoms with Gasteiger partial charge in [-0.05, 0) is 37.8 Å². The Hall–Kier alpha value is -1.68. The van der Waals surface area contributed by atoms with E-state index in [0.717, 1.165) is 17.2 Å². The molecular weight excluding hydrogens is 272 g/mol. The largest absolute Gasteiger partial charge is 0.397 e. The zero-order valence-electron chi connectivity index (χ0n) is 11.0. The van der Waals surface area contributed by atoms with E-state index in [4.69, 9.17) is 17.3 Å². The van der Waals surface area contributed by atoms with Gasteiger partial charge in [-0.2, -0.15) is 0 Å². The number of nitrogen functional groups attached to an aromatic ring is 1. The maximum atomic E-state index is 6.10. The summed E-state index contributed by atoms with van der Waals surface area (Å²) < 4.78 is 0. The van der Waals surface area contributed by atoms with Crippen molar-refractivity contribution in [2.75, 3.05) is 5.73 Å². The first-order valence-electron chi connectivity index (χ1n) is 7.02. The predicted molar refractivity (Wildman–Crippen MR) is 78.6 cm³/mol. The minimum Gasteiger partial charge on any atom is -0.397 e. The van der Waals surface area contributed by atoms with Crippen molar-refractivity contribution in [3.63, 3.8) is 0 Å². The third-order valence-corrected chi connectivity index (χ3v) is 4.18. The fourth-order valence-corrected chi connectivity index (χ4v) is 2.48. The number of halogens is 1. The van der Waals surface area contributed by atoms with Gasteiger partial charge in [-0.15, -0.1) is 0 Å². The van der Waals surface area contributed by atoms with Crippen molar-refractivity contribution < 1.29 is 0 Å². The third kappa shape index (κ3) is 2.14. The van der Waals surface area contributed by atoms with Gasteiger partial charge in [-0.3, -0.25) is 0 Å². The van der Waals surface area contributed by atoms with Crippen LogP contribution in [0.4, 0.5) is 5.69 Å². The quantitative estimate of drug-likeness (QED) is 0.877. The van der Waals surface area contributed by atoms with Crippen LogP contribution in [0, 0.1) is 0 Å². The number of aromatic nitrogens is 3. The smallest absolute Gasteiger partial charge is 0.165 e. The summed E-state index contributed by atoms with van der Waals surface area (Å²) in [5.41, 5.74) is 7.42. The Bertz CT molecular complexity index is 647. The molecule has 20 heavy (non-hydrogen) atoms. The van der Waals surface area contributed by atoms with Crippen LogP contribution in [0.25, 0.3) is 11.4 Å². The fourth-order valence-electron chi connectivity index (χ4n) is 2.31. The molecule has 0 bridgehead atoms. The fraction of sp³-hybridized carbons (Fsp3) is 0.400. The summed E-state index contributed by atoms with van der Waals surface area (Å²) >= 11 is 6.10. The topological polar surface area (TPSA) is 64.7 Å². The van der Waals surface area contributed by atoms with E-state index in [0.29, 0.717) is 28.4 Å². The highest BCUT2D eigenvalue weighted by Gasteiger charge is 2.32. The summed E-state index contributed by atoms with van der Waals surface area (Å²) in [6, 6.07) is 5.58. The molecule has 102 valence electrons. The van der Waals surface area contributed by atoms with Gasteiger partial charge in [0, 0.05) is 17.4 Å². The number of para-hydroxylation sites is 1. The van der Waals surface area contributed by atoms with Crippen LogP contribution < -0.4 is 5.73 Å². The lowest BCUT2D eigenvalue weighted by Gasteiger charge is -2.09. The average molecular weight is 287 g/mol. The molecule has 4 rings (SSSR count). The Morgan fingerprint density at radius 3 is 2.10 bits per heavy atom. The zero-order valence-corrected chi connectivity index (χ0v) is 11.8. The highest BCUT2D eigenvalue weighted by atomic mass is 35.5. The van der Waals surface area contributed by atoms with Crippen LogP contribution >= 0.6 is 11.6 Å². The van der Waals surface area contributed by atoms with Crippen LogP contribution in [-0.4, -0.2) is 15.0 Å². The molecule has 0 saturated heterocycles. The molecule has 2 N–H and O–H groups in total. The predicted octanol–water partition coefficient (Wildman–Crippen LogP) is 3.53. The van der Waals surface area contributed by atoms with E-state index in [1.54, 1.807) is 6.07 Å². The molecule has 5 heteroatoms. The van der Waals surface area contributed by atoms with Crippen LogP contribution in [0.1, 0.15) is 49.2 Å². The van der Waals surface area contributed by atoms with E-state index in [1.807, 2.05) is 12.1 Å². The van der Waals surface area contributed by atoms with Gasteiger partial charge in [0.1, 0.15) is 11.6 Å². The second kappa shape index (κ2) is 4.42. The van der Waals surface area contributed by atoms with Crippen molar-refractivity contribution in [1.82, 2.24) is 15.0 Å². The van der Waals surface area contributed by atoms with Crippen molar-refractivity contribution in [2.24, 2.45) is 0 Å². The molecule has 1 aromatic carbocycles. The normalized spacial score (nSPS) is 18.2. The molecular formula is C15H15ClN4. The number of nitrogens with two attached hydrogens (primary N) is 1. The molecule has 2 aliphatic carbocycles. The van der Waals surface area contributed by atoms with E-state index < -0.39 is 0 Å². The first-order valence-corrected chi connectivity index (χ1v) is 7.40. The summed E-state index contributed by atoms with van der Waals surface area (Å²) in [7, 11) is 0. The summed E-state index contributed by atoms with van der Waals surface area (Å²) in [5, 5.41) is 0.545. The first kappa shape index (κ1) is 12.1. The SMILES string of the molecule is Nc1c(Cl)cccc1-c1nc(C2CC2)nc(C2CC2)n1. The minimum absolute atomic E-state index is 0.509. The average Bonchev–Trinajstić information content (AvgIpc) is 3.32. The molecule has 0 atom stereocenters. The number of hydrogen-bond donors (Lipinski definition) is 1. The lowest BCUT2D eigenvalue weighted by Crippen LogP contribution is -2.05. The van der Waals surface area contributed by atoms with Crippen LogP contribution in [0.3, 0.4) is 0 Å². The number of nitrogens with zero attached hydrogens (tertiary/aromatic N) is 3. The van der Waals surface area contributed by atoms with Gasteiger partial charge in [-0.1, -0.05) is 17.7 Å². The molecule has 0 spiro atoms. The van der Waals surface area contributed by atoms with Gasteiger partial charge in [-0.25, -0.2) is 15.0 Å². The molecule has 0 unspecified atom stereocenters. The standard InChI is InChI=1S/C15H15ClN4/c16-11-3-1-2-10(12(11)17)15-19-13(8-4-5-8)18-14(20-15)9-6-7-9/h1-3,8-9H,4-7,17H2. The minimum atomic E-state index is 0.509. The van der Waals surface area contributed by atoms with Crippen molar-refractivity contribution in [3.8, 4) is 11.4 Å². The molecule has 0 radical (unpaired) electrons. The van der Waals surface area contributed by atoms with Gasteiger partial charge in [0.05, 0.1) is 10.7 Å². The van der Waals surface area contributed by atoms with E-state index in [-0.39, 0.29) is 0 Å². The zero-order chi connectivity index (χ0) is 13.7. The highest BCUT2D eigenvalue weighted by Crippen LogP contribution is 2.42. The molecule has 0 amide bonds. The molecule has 4 nitrogen and oxygen atoms in total. The molecule has 2 fully saturated rings. The highest BCUT2D eigenvalue weighted by molar-refractivity contribution is 6.33. The van der Waals surface area contributed by atoms with Crippen LogP contribution in [0.2, 0.25) is 5.02 Å². The Labute approximate surface area is 122 Å². The maximum absolute atomic E-state index is 6.10. The van der Waals surface area contributed by atoms with Crippen LogP contribution in [0.15, 0.2) is 18.2 Å². The molecule has 2 aliphatic rings. The number of rotatable bonds is 3. The molecule has 2 saturated carbocycles. The Balaban J connectivity index is 1.85. The van der Waals surface area contributed by atoms with E-state index in [9.17, 15) is 0 Å². The molecule has 0 aliphatic heterocycles. The summed E-state index contributed by atoms with van der Waals surface area (Å²) in [4.78, 5) is 13.9. The lowest BCUT2D eigenvalue weighted by atomic mass is 10.1. The maximum Gasteiger partial charge on any atom is 0.165 e. The van der Waals surface area contributed by atoms with E-state index in [1.165, 1.54) is 25.7 Å². The molecule has 1 aromatic heterocycles. The first-order chi connectivity index (χ1) is 9.72. The van der Waals surface area contributed by atoms with Gasteiger partial charge < -0.3 is 5.73 Å². The Kier molecular flexibility index (Phi) is 2.67. The van der Waals surface area contributed by atoms with Gasteiger partial charge in [0.2, 0.25) is 0 Å². The second-order valence-electron chi connectivity index (χ2n) is 5.63. The Morgan fingerprint density at radius 2 is 1.55 bits per heavy atom. The van der Waals surface area contributed by atoms with Crippen molar-refractivity contribution in [3.05, 3.63) is 34.9 Å². The summed E-state index contributed by atoms with van der Waals surface area (Å²) in [6.45, 7) is 0. The van der Waals surface area contributed by atoms with Gasteiger partial charge in [0.25, 0.3) is 0 Å². The third-order valence-electron chi connectivity index (χ3n) is 3.85. The number of hydrogen-bond acceptors (Lipinski definition) is 4. The monoisotopic (exact) mass is 286 g/mol. The van der Waals surface area contributed by atoms with Crippen molar-refractivity contribution in [2.45, 2.75) is 37.5 Å². The number of benzene rings is 1. The van der Waals surface area contributed by atoms with Crippen LogP contribution in [-0.2, 0) is 0 Å². The van der Waals surface area contributed by atoms with Gasteiger partial charge in [0.15, 0.2) is 5.82 Å². The second-order valence-corrected chi connectivity index (χ2v) is 6.03. The number of anilines is 1.